The Morgan fingerprint density at radius 1 is 1.53 bits per heavy atom. The van der Waals surface area contributed by atoms with Gasteiger partial charge in [0.15, 0.2) is 0 Å². The highest BCUT2D eigenvalue weighted by Gasteiger charge is 2.12. The maximum absolute atomic E-state index is 11.4. The zero-order valence-electron chi connectivity index (χ0n) is 8.90. The maximum Gasteiger partial charge on any atom is 0.214 e. The molecule has 0 aliphatic rings. The minimum absolute atomic E-state index is 0.0979. The minimum atomic E-state index is -3.10. The van der Waals surface area contributed by atoms with Gasteiger partial charge in [-0.05, 0) is 0 Å². The van der Waals surface area contributed by atoms with Gasteiger partial charge in [-0.3, -0.25) is 0 Å². The molecule has 1 heterocycles. The van der Waals surface area contributed by atoms with Crippen LogP contribution in [0.2, 0.25) is 0 Å². The lowest BCUT2D eigenvalue weighted by Gasteiger charge is -2.10. The Kier molecular flexibility index (Phi) is 4.25. The van der Waals surface area contributed by atoms with E-state index in [1.165, 1.54) is 18.4 Å². The van der Waals surface area contributed by atoms with Gasteiger partial charge in [-0.1, -0.05) is 0 Å². The van der Waals surface area contributed by atoms with Crippen molar-refractivity contribution < 1.29 is 8.42 Å². The van der Waals surface area contributed by atoms with Crippen LogP contribution in [-0.2, 0) is 16.6 Å². The first-order valence-corrected chi connectivity index (χ1v) is 6.22. The zero-order chi connectivity index (χ0) is 11.3. The molecule has 1 aromatic rings. The van der Waals surface area contributed by atoms with Crippen molar-refractivity contribution in [1.82, 2.24) is 19.6 Å². The van der Waals surface area contributed by atoms with E-state index in [-0.39, 0.29) is 5.75 Å². The van der Waals surface area contributed by atoms with Crippen LogP contribution in [0.1, 0.15) is 5.82 Å². The average molecular weight is 232 g/mol. The summed E-state index contributed by atoms with van der Waals surface area (Å²) in [4.78, 5) is 6.93. The minimum Gasteiger partial charge on any atom is -0.348 e. The second kappa shape index (κ2) is 5.24. The highest BCUT2D eigenvalue weighted by atomic mass is 32.2. The monoisotopic (exact) mass is 232 g/mol. The van der Waals surface area contributed by atoms with Crippen LogP contribution in [0, 0.1) is 0 Å². The molecular formula is C8H16N4O2S. The number of hydrogen-bond donors (Lipinski definition) is 2. The third-order valence-electron chi connectivity index (χ3n) is 1.94. The van der Waals surface area contributed by atoms with E-state index in [0.717, 1.165) is 5.82 Å². The summed E-state index contributed by atoms with van der Waals surface area (Å²) in [5, 5.41) is 3.00. The highest BCUT2D eigenvalue weighted by Crippen LogP contribution is 1.93. The van der Waals surface area contributed by atoms with Crippen LogP contribution in [0.15, 0.2) is 12.4 Å². The lowest BCUT2D eigenvalue weighted by Crippen LogP contribution is -2.31. The first-order valence-electron chi connectivity index (χ1n) is 4.61. The Balaban J connectivity index is 2.23. The van der Waals surface area contributed by atoms with Crippen LogP contribution in [0.25, 0.3) is 0 Å². The molecule has 0 atom stereocenters. The molecule has 0 radical (unpaired) electrons. The van der Waals surface area contributed by atoms with E-state index in [1.807, 2.05) is 0 Å². The number of hydrogen-bond acceptors (Lipinski definition) is 4. The number of aromatic nitrogens is 2. The molecule has 2 N–H and O–H groups in total. The predicted molar refractivity (Wildman–Crippen MR) is 57.8 cm³/mol. The zero-order valence-corrected chi connectivity index (χ0v) is 9.71. The highest BCUT2D eigenvalue weighted by molar-refractivity contribution is 7.89. The molecule has 0 unspecified atom stereocenters. The van der Waals surface area contributed by atoms with Gasteiger partial charge >= 0.3 is 0 Å². The molecule has 0 saturated heterocycles. The Labute approximate surface area is 89.8 Å². The fourth-order valence-electron chi connectivity index (χ4n) is 0.985. The van der Waals surface area contributed by atoms with Crippen molar-refractivity contribution in [3.8, 4) is 0 Å². The molecule has 86 valence electrons. The van der Waals surface area contributed by atoms with Crippen molar-refractivity contribution in [3.63, 3.8) is 0 Å². The lowest BCUT2D eigenvalue weighted by atomic mass is 10.6. The van der Waals surface area contributed by atoms with E-state index in [2.05, 4.69) is 15.3 Å². The molecule has 0 fully saturated rings. The number of sulfonamides is 1. The Morgan fingerprint density at radius 3 is 2.80 bits per heavy atom. The number of nitrogens with one attached hydrogen (secondary N) is 2. The van der Waals surface area contributed by atoms with Crippen molar-refractivity contribution >= 4 is 10.0 Å². The van der Waals surface area contributed by atoms with Gasteiger partial charge in [-0.2, -0.15) is 0 Å². The van der Waals surface area contributed by atoms with Crippen LogP contribution in [0.4, 0.5) is 0 Å². The summed E-state index contributed by atoms with van der Waals surface area (Å²) in [5.74, 6) is 0.901. The second-order valence-corrected chi connectivity index (χ2v) is 5.61. The van der Waals surface area contributed by atoms with Gasteiger partial charge in [-0.15, -0.1) is 0 Å². The van der Waals surface area contributed by atoms with E-state index in [0.29, 0.717) is 13.1 Å². The SMILES string of the molecule is CN(C)S(=O)(=O)CCNCc1ncc[nH]1. The number of nitrogens with zero attached hydrogens (tertiary/aromatic N) is 2. The molecule has 1 aromatic heterocycles. The molecule has 0 bridgehead atoms. The van der Waals surface area contributed by atoms with E-state index >= 15 is 0 Å². The molecule has 7 heteroatoms. The van der Waals surface area contributed by atoms with Crippen molar-refractivity contribution in [2.75, 3.05) is 26.4 Å². The first-order chi connectivity index (χ1) is 7.02. The fraction of sp³-hybridized carbons (Fsp3) is 0.625. The third-order valence-corrected chi connectivity index (χ3v) is 3.77. The van der Waals surface area contributed by atoms with Gasteiger partial charge in [0, 0.05) is 33.0 Å². The Bertz CT molecular complexity index is 371. The van der Waals surface area contributed by atoms with Gasteiger partial charge < -0.3 is 10.3 Å². The molecule has 0 spiro atoms. The molecule has 1 rings (SSSR count). The normalized spacial score (nSPS) is 12.2. The third kappa shape index (κ3) is 3.98. The Morgan fingerprint density at radius 2 is 2.27 bits per heavy atom. The van der Waals surface area contributed by atoms with Crippen LogP contribution in [0.5, 0.6) is 0 Å². The molecule has 0 aliphatic heterocycles. The van der Waals surface area contributed by atoms with E-state index in [9.17, 15) is 8.42 Å². The molecule has 0 aliphatic carbocycles. The van der Waals surface area contributed by atoms with Crippen molar-refractivity contribution in [1.29, 1.82) is 0 Å². The molecule has 0 amide bonds. The van der Waals surface area contributed by atoms with Gasteiger partial charge in [0.1, 0.15) is 5.82 Å². The topological polar surface area (TPSA) is 78.1 Å². The summed E-state index contributed by atoms with van der Waals surface area (Å²) in [6.45, 7) is 0.969. The van der Waals surface area contributed by atoms with Gasteiger partial charge in [0.05, 0.1) is 12.3 Å². The number of rotatable bonds is 6. The van der Waals surface area contributed by atoms with Crippen LogP contribution in [0.3, 0.4) is 0 Å². The average Bonchev–Trinajstić information content (AvgIpc) is 2.64. The Hall–Kier alpha value is -0.920. The number of H-pyrrole nitrogens is 1. The van der Waals surface area contributed by atoms with Crippen LogP contribution in [-0.4, -0.2) is 49.1 Å². The molecule has 6 nitrogen and oxygen atoms in total. The van der Waals surface area contributed by atoms with E-state index in [4.69, 9.17) is 0 Å². The molecule has 15 heavy (non-hydrogen) atoms. The van der Waals surface area contributed by atoms with E-state index in [1.54, 1.807) is 12.4 Å². The van der Waals surface area contributed by atoms with Crippen LogP contribution >= 0.6 is 0 Å². The van der Waals surface area contributed by atoms with Crippen molar-refractivity contribution in [2.45, 2.75) is 6.54 Å². The molecular weight excluding hydrogens is 216 g/mol. The molecule has 0 saturated carbocycles. The maximum atomic E-state index is 11.4. The smallest absolute Gasteiger partial charge is 0.214 e. The quantitative estimate of drug-likeness (QED) is 0.641. The standard InChI is InChI=1S/C8H16N4O2S/c1-12(2)15(13,14)6-5-9-7-8-10-3-4-11-8/h3-4,9H,5-7H2,1-2H3,(H,10,11). The predicted octanol–water partition coefficient (Wildman–Crippen LogP) is -0.609. The van der Waals surface area contributed by atoms with E-state index < -0.39 is 10.0 Å². The molecule has 0 aromatic carbocycles. The summed E-state index contributed by atoms with van der Waals surface area (Å²) in [7, 11) is -0.0398. The van der Waals surface area contributed by atoms with Gasteiger partial charge in [-0.25, -0.2) is 17.7 Å². The summed E-state index contributed by atoms with van der Waals surface area (Å²) in [6.07, 6.45) is 3.39. The van der Waals surface area contributed by atoms with Crippen molar-refractivity contribution in [3.05, 3.63) is 18.2 Å². The summed E-state index contributed by atoms with van der Waals surface area (Å²) < 4.78 is 23.9. The summed E-state index contributed by atoms with van der Waals surface area (Å²) in [5.41, 5.74) is 0. The second-order valence-electron chi connectivity index (χ2n) is 3.31. The largest absolute Gasteiger partial charge is 0.348 e. The van der Waals surface area contributed by atoms with Gasteiger partial charge in [0.25, 0.3) is 0 Å². The fourth-order valence-corrected chi connectivity index (χ4v) is 1.75. The number of imidazole rings is 1. The number of aromatic amines is 1. The first kappa shape index (κ1) is 12.2. The summed E-state index contributed by atoms with van der Waals surface area (Å²) in [6, 6.07) is 0. The summed E-state index contributed by atoms with van der Waals surface area (Å²) >= 11 is 0. The lowest BCUT2D eigenvalue weighted by molar-refractivity contribution is 0.517. The van der Waals surface area contributed by atoms with Gasteiger partial charge in [0.2, 0.25) is 10.0 Å². The van der Waals surface area contributed by atoms with Crippen LogP contribution < -0.4 is 5.32 Å². The van der Waals surface area contributed by atoms with Crippen molar-refractivity contribution in [2.24, 2.45) is 0 Å².